The number of ether oxygens (including phenoxy) is 2. The molecule has 2 aromatic rings. The topological polar surface area (TPSA) is 59.6 Å². The Kier molecular flexibility index (Phi) is 6.97. The summed E-state index contributed by atoms with van der Waals surface area (Å²) in [6.45, 7) is 4.10. The highest BCUT2D eigenvalue weighted by Gasteiger charge is 2.19. The Morgan fingerprint density at radius 2 is 1.77 bits per heavy atom. The lowest BCUT2D eigenvalue weighted by Crippen LogP contribution is -2.42. The maximum Gasteiger partial charge on any atom is 0.237 e. The molecule has 1 amide bonds. The second-order valence-electron chi connectivity index (χ2n) is 6.06. The smallest absolute Gasteiger partial charge is 0.237 e. The summed E-state index contributed by atoms with van der Waals surface area (Å²) in [5, 5.41) is 6.11. The SMILES string of the molecule is COc1ccc(OC)c(C(C)NC(C)C(=O)NCc2ccc(F)cc2)c1. The van der Waals surface area contributed by atoms with E-state index < -0.39 is 6.04 Å². The van der Waals surface area contributed by atoms with Crippen LogP contribution in [-0.4, -0.2) is 26.2 Å². The van der Waals surface area contributed by atoms with Crippen LogP contribution in [0.2, 0.25) is 0 Å². The molecule has 2 atom stereocenters. The molecule has 0 bridgehead atoms. The first-order valence-corrected chi connectivity index (χ1v) is 8.44. The summed E-state index contributed by atoms with van der Waals surface area (Å²) in [5.74, 6) is 1.02. The van der Waals surface area contributed by atoms with E-state index in [-0.39, 0.29) is 17.8 Å². The molecule has 2 aromatic carbocycles. The molecule has 2 rings (SSSR count). The third-order valence-corrected chi connectivity index (χ3v) is 4.18. The van der Waals surface area contributed by atoms with E-state index in [2.05, 4.69) is 10.6 Å². The predicted octanol–water partition coefficient (Wildman–Crippen LogP) is 3.20. The van der Waals surface area contributed by atoms with Crippen molar-refractivity contribution < 1.29 is 18.7 Å². The number of amides is 1. The van der Waals surface area contributed by atoms with Crippen molar-refractivity contribution in [3.8, 4) is 11.5 Å². The highest BCUT2D eigenvalue weighted by Crippen LogP contribution is 2.29. The van der Waals surface area contributed by atoms with E-state index in [4.69, 9.17) is 9.47 Å². The molecule has 2 N–H and O–H groups in total. The van der Waals surface area contributed by atoms with Gasteiger partial charge in [-0.25, -0.2) is 4.39 Å². The van der Waals surface area contributed by atoms with Crippen LogP contribution in [0.4, 0.5) is 4.39 Å². The van der Waals surface area contributed by atoms with Crippen molar-refractivity contribution >= 4 is 5.91 Å². The summed E-state index contributed by atoms with van der Waals surface area (Å²) < 4.78 is 23.6. The molecule has 0 aliphatic rings. The van der Waals surface area contributed by atoms with Crippen molar-refractivity contribution in [2.45, 2.75) is 32.5 Å². The van der Waals surface area contributed by atoms with E-state index in [0.717, 1.165) is 22.6 Å². The molecule has 0 spiro atoms. The van der Waals surface area contributed by atoms with Crippen LogP contribution in [0.3, 0.4) is 0 Å². The first kappa shape index (κ1) is 19.7. The molecular formula is C20H25FN2O3. The van der Waals surface area contributed by atoms with Gasteiger partial charge in [0.05, 0.1) is 20.3 Å². The molecule has 2 unspecified atom stereocenters. The van der Waals surface area contributed by atoms with Crippen molar-refractivity contribution in [3.63, 3.8) is 0 Å². The monoisotopic (exact) mass is 360 g/mol. The number of carbonyl (C=O) groups is 1. The van der Waals surface area contributed by atoms with E-state index in [1.807, 2.05) is 25.1 Å². The predicted molar refractivity (Wildman–Crippen MR) is 98.8 cm³/mol. The van der Waals surface area contributed by atoms with Gasteiger partial charge >= 0.3 is 0 Å². The zero-order valence-electron chi connectivity index (χ0n) is 15.5. The number of halogens is 1. The molecule has 0 heterocycles. The average Bonchev–Trinajstić information content (AvgIpc) is 2.66. The van der Waals surface area contributed by atoms with Crippen molar-refractivity contribution in [1.82, 2.24) is 10.6 Å². The van der Waals surface area contributed by atoms with Gasteiger partial charge in [0.2, 0.25) is 5.91 Å². The Balaban J connectivity index is 1.96. The number of rotatable bonds is 8. The van der Waals surface area contributed by atoms with Gasteiger partial charge in [-0.15, -0.1) is 0 Å². The van der Waals surface area contributed by atoms with Gasteiger partial charge in [0.15, 0.2) is 0 Å². The standard InChI is InChI=1S/C20H25FN2O3/c1-13(18-11-17(25-3)9-10-19(18)26-4)23-14(2)20(24)22-12-15-5-7-16(21)8-6-15/h5-11,13-14,23H,12H2,1-4H3,(H,22,24). The highest BCUT2D eigenvalue weighted by atomic mass is 19.1. The molecule has 140 valence electrons. The van der Waals surface area contributed by atoms with Gasteiger partial charge in [-0.05, 0) is 49.7 Å². The van der Waals surface area contributed by atoms with Gasteiger partial charge in [-0.3, -0.25) is 10.1 Å². The Bertz CT molecular complexity index is 734. The first-order chi connectivity index (χ1) is 12.4. The fraction of sp³-hybridized carbons (Fsp3) is 0.350. The Hall–Kier alpha value is -2.60. The van der Waals surface area contributed by atoms with Crippen LogP contribution in [0, 0.1) is 5.82 Å². The van der Waals surface area contributed by atoms with Crippen molar-refractivity contribution in [1.29, 1.82) is 0 Å². The zero-order chi connectivity index (χ0) is 19.1. The molecule has 0 aliphatic heterocycles. The van der Waals surface area contributed by atoms with Gasteiger partial charge < -0.3 is 14.8 Å². The summed E-state index contributed by atoms with van der Waals surface area (Å²) in [4.78, 5) is 12.3. The molecule has 0 aliphatic carbocycles. The normalized spacial score (nSPS) is 13.0. The van der Waals surface area contributed by atoms with Crippen LogP contribution >= 0.6 is 0 Å². The number of carbonyl (C=O) groups excluding carboxylic acids is 1. The van der Waals surface area contributed by atoms with Crippen molar-refractivity contribution in [2.75, 3.05) is 14.2 Å². The van der Waals surface area contributed by atoms with E-state index in [0.29, 0.717) is 6.54 Å². The quantitative estimate of drug-likeness (QED) is 0.759. The number of benzene rings is 2. The minimum Gasteiger partial charge on any atom is -0.497 e. The Labute approximate surface area is 153 Å². The first-order valence-electron chi connectivity index (χ1n) is 8.44. The van der Waals surface area contributed by atoms with E-state index in [9.17, 15) is 9.18 Å². The molecule has 0 aromatic heterocycles. The second kappa shape index (κ2) is 9.20. The fourth-order valence-electron chi connectivity index (χ4n) is 2.66. The third kappa shape index (κ3) is 5.20. The molecule has 0 radical (unpaired) electrons. The minimum absolute atomic E-state index is 0.119. The van der Waals surface area contributed by atoms with Gasteiger partial charge in [0, 0.05) is 18.2 Å². The van der Waals surface area contributed by atoms with E-state index in [1.54, 1.807) is 33.3 Å². The molecule has 26 heavy (non-hydrogen) atoms. The van der Waals surface area contributed by atoms with Crippen LogP contribution < -0.4 is 20.1 Å². The maximum atomic E-state index is 12.9. The molecule has 0 saturated carbocycles. The lowest BCUT2D eigenvalue weighted by Gasteiger charge is -2.22. The van der Waals surface area contributed by atoms with Crippen molar-refractivity contribution in [3.05, 3.63) is 59.4 Å². The third-order valence-electron chi connectivity index (χ3n) is 4.18. The van der Waals surface area contributed by atoms with Crippen LogP contribution in [0.5, 0.6) is 11.5 Å². The number of methoxy groups -OCH3 is 2. The largest absolute Gasteiger partial charge is 0.497 e. The van der Waals surface area contributed by atoms with Crippen LogP contribution in [0.1, 0.15) is 31.0 Å². The molecule has 0 saturated heterocycles. The molecule has 0 fully saturated rings. The summed E-state index contributed by atoms with van der Waals surface area (Å²) in [5.41, 5.74) is 1.75. The Morgan fingerprint density at radius 3 is 2.38 bits per heavy atom. The van der Waals surface area contributed by atoms with E-state index in [1.165, 1.54) is 12.1 Å². The Morgan fingerprint density at radius 1 is 1.08 bits per heavy atom. The summed E-state index contributed by atoms with van der Waals surface area (Å²) in [6, 6.07) is 11.1. The van der Waals surface area contributed by atoms with Gasteiger partial charge in [-0.2, -0.15) is 0 Å². The maximum absolute atomic E-state index is 12.9. The van der Waals surface area contributed by atoms with Gasteiger partial charge in [0.1, 0.15) is 17.3 Å². The van der Waals surface area contributed by atoms with Crippen LogP contribution in [0.15, 0.2) is 42.5 Å². The lowest BCUT2D eigenvalue weighted by molar-refractivity contribution is -0.123. The van der Waals surface area contributed by atoms with Gasteiger partial charge in [-0.1, -0.05) is 12.1 Å². The lowest BCUT2D eigenvalue weighted by atomic mass is 10.1. The number of hydrogen-bond acceptors (Lipinski definition) is 4. The minimum atomic E-state index is -0.415. The molecular weight excluding hydrogens is 335 g/mol. The van der Waals surface area contributed by atoms with E-state index >= 15 is 0 Å². The number of nitrogens with one attached hydrogen (secondary N) is 2. The molecule has 5 nitrogen and oxygen atoms in total. The number of hydrogen-bond donors (Lipinski definition) is 2. The summed E-state index contributed by atoms with van der Waals surface area (Å²) in [7, 11) is 3.21. The van der Waals surface area contributed by atoms with Crippen LogP contribution in [-0.2, 0) is 11.3 Å². The van der Waals surface area contributed by atoms with Gasteiger partial charge in [0.25, 0.3) is 0 Å². The zero-order valence-corrected chi connectivity index (χ0v) is 15.5. The second-order valence-corrected chi connectivity index (χ2v) is 6.06. The fourth-order valence-corrected chi connectivity index (χ4v) is 2.66. The summed E-state index contributed by atoms with van der Waals surface area (Å²) in [6.07, 6.45) is 0. The molecule has 6 heteroatoms. The highest BCUT2D eigenvalue weighted by molar-refractivity contribution is 5.81. The van der Waals surface area contributed by atoms with Crippen molar-refractivity contribution in [2.24, 2.45) is 0 Å². The summed E-state index contributed by atoms with van der Waals surface area (Å²) >= 11 is 0. The van der Waals surface area contributed by atoms with Crippen LogP contribution in [0.25, 0.3) is 0 Å². The average molecular weight is 360 g/mol.